The van der Waals surface area contributed by atoms with Gasteiger partial charge in [0, 0.05) is 5.75 Å². The van der Waals surface area contributed by atoms with Gasteiger partial charge < -0.3 is 37.6 Å². The first-order chi connectivity index (χ1) is 14.3. The van der Waals surface area contributed by atoms with Crippen LogP contribution in [-0.4, -0.2) is 75.7 Å². The number of nitrogens with two attached hydrogens (primary N) is 2. The molecular weight excluding hydrogens is 434 g/mol. The van der Waals surface area contributed by atoms with E-state index in [0.717, 1.165) is 0 Å². The molecular formula is C17H29N5O8S. The lowest BCUT2D eigenvalue weighted by molar-refractivity contribution is -0.141. The van der Waals surface area contributed by atoms with Crippen LogP contribution in [0, 0.1) is 5.92 Å². The molecule has 0 aromatic rings. The molecule has 0 fully saturated rings. The number of carbonyl (C=O) groups is 6. The lowest BCUT2D eigenvalue weighted by Gasteiger charge is -2.25. The van der Waals surface area contributed by atoms with E-state index in [2.05, 4.69) is 28.6 Å². The number of carbonyl (C=O) groups excluding carboxylic acids is 4. The highest BCUT2D eigenvalue weighted by atomic mass is 32.1. The van der Waals surface area contributed by atoms with Crippen LogP contribution in [0.15, 0.2) is 0 Å². The monoisotopic (exact) mass is 463 g/mol. The molecule has 31 heavy (non-hydrogen) atoms. The molecule has 0 aliphatic rings. The molecule has 0 saturated carbocycles. The predicted octanol–water partition coefficient (Wildman–Crippen LogP) is -2.82. The van der Waals surface area contributed by atoms with Crippen LogP contribution >= 0.6 is 12.6 Å². The van der Waals surface area contributed by atoms with Crippen LogP contribution in [0.4, 0.5) is 0 Å². The highest BCUT2D eigenvalue weighted by Crippen LogP contribution is 2.07. The van der Waals surface area contributed by atoms with E-state index >= 15 is 0 Å². The van der Waals surface area contributed by atoms with Gasteiger partial charge >= 0.3 is 11.9 Å². The van der Waals surface area contributed by atoms with Gasteiger partial charge in [-0.05, 0) is 12.3 Å². The highest BCUT2D eigenvalue weighted by Gasteiger charge is 2.31. The lowest BCUT2D eigenvalue weighted by Crippen LogP contribution is -2.58. The summed E-state index contributed by atoms with van der Waals surface area (Å²) in [5.74, 6) is -6.64. The molecule has 0 heterocycles. The molecule has 0 aromatic heterocycles. The van der Waals surface area contributed by atoms with Gasteiger partial charge in [0.1, 0.15) is 18.1 Å². The molecule has 0 radical (unpaired) electrons. The number of amides is 4. The Kier molecular flexibility index (Phi) is 12.2. The van der Waals surface area contributed by atoms with E-state index in [1.54, 1.807) is 13.8 Å². The zero-order valence-corrected chi connectivity index (χ0v) is 18.1. The Hall–Kier alpha value is -2.87. The van der Waals surface area contributed by atoms with Gasteiger partial charge in [0.05, 0.1) is 18.9 Å². The minimum atomic E-state index is -1.52. The van der Waals surface area contributed by atoms with Crippen molar-refractivity contribution in [3.8, 4) is 0 Å². The van der Waals surface area contributed by atoms with Crippen molar-refractivity contribution in [2.75, 3.05) is 5.75 Å². The van der Waals surface area contributed by atoms with Crippen LogP contribution in [-0.2, 0) is 28.8 Å². The second kappa shape index (κ2) is 13.4. The Balaban J connectivity index is 5.45. The summed E-state index contributed by atoms with van der Waals surface area (Å²) in [6, 6.07) is -5.48. The van der Waals surface area contributed by atoms with Crippen LogP contribution < -0.4 is 27.4 Å². The fourth-order valence-electron chi connectivity index (χ4n) is 2.40. The SMILES string of the molecule is CC(C)CC(NC(=O)C(CC(N)=O)NC(=O)C(N)CC(=O)O)C(=O)NC(CS)C(=O)O. The van der Waals surface area contributed by atoms with Gasteiger partial charge in [-0.25, -0.2) is 4.79 Å². The van der Waals surface area contributed by atoms with Crippen LogP contribution in [0.25, 0.3) is 0 Å². The predicted molar refractivity (Wildman–Crippen MR) is 111 cm³/mol. The molecule has 14 heteroatoms. The average Bonchev–Trinajstić information content (AvgIpc) is 2.62. The second-order valence-electron chi connectivity index (χ2n) is 7.21. The number of carboxylic acids is 2. The number of hydrogen-bond donors (Lipinski definition) is 8. The van der Waals surface area contributed by atoms with Crippen molar-refractivity contribution >= 4 is 48.2 Å². The maximum atomic E-state index is 12.6. The van der Waals surface area contributed by atoms with Crippen molar-refractivity contribution < 1.29 is 39.0 Å². The van der Waals surface area contributed by atoms with Crippen LogP contribution in [0.1, 0.15) is 33.1 Å². The van der Waals surface area contributed by atoms with Gasteiger partial charge in [-0.3, -0.25) is 24.0 Å². The molecule has 0 aliphatic heterocycles. The van der Waals surface area contributed by atoms with E-state index in [-0.39, 0.29) is 18.1 Å². The number of carboxylic acid groups (broad SMARTS) is 2. The Morgan fingerprint density at radius 2 is 1.32 bits per heavy atom. The minimum Gasteiger partial charge on any atom is -0.481 e. The maximum Gasteiger partial charge on any atom is 0.327 e. The van der Waals surface area contributed by atoms with Crippen molar-refractivity contribution in [2.24, 2.45) is 17.4 Å². The highest BCUT2D eigenvalue weighted by molar-refractivity contribution is 7.80. The summed E-state index contributed by atoms with van der Waals surface area (Å²) in [6.45, 7) is 3.51. The van der Waals surface area contributed by atoms with Gasteiger partial charge in [0.2, 0.25) is 23.6 Å². The number of hydrogen-bond acceptors (Lipinski definition) is 8. The number of rotatable bonds is 14. The van der Waals surface area contributed by atoms with Crippen LogP contribution in [0.2, 0.25) is 0 Å². The van der Waals surface area contributed by atoms with E-state index < -0.39 is 72.6 Å². The average molecular weight is 464 g/mol. The van der Waals surface area contributed by atoms with Crippen LogP contribution in [0.3, 0.4) is 0 Å². The van der Waals surface area contributed by atoms with E-state index in [1.165, 1.54) is 0 Å². The number of thiol groups is 1. The molecule has 176 valence electrons. The molecule has 0 bridgehead atoms. The van der Waals surface area contributed by atoms with Gasteiger partial charge in [0.25, 0.3) is 0 Å². The van der Waals surface area contributed by atoms with Gasteiger partial charge in [-0.1, -0.05) is 13.8 Å². The second-order valence-corrected chi connectivity index (χ2v) is 7.57. The largest absolute Gasteiger partial charge is 0.481 e. The van der Waals surface area contributed by atoms with E-state index in [4.69, 9.17) is 21.7 Å². The molecule has 4 unspecified atom stereocenters. The van der Waals surface area contributed by atoms with Gasteiger partial charge in [-0.2, -0.15) is 12.6 Å². The maximum absolute atomic E-state index is 12.6. The first-order valence-corrected chi connectivity index (χ1v) is 9.92. The van der Waals surface area contributed by atoms with Crippen molar-refractivity contribution in [1.82, 2.24) is 16.0 Å². The van der Waals surface area contributed by atoms with Crippen LogP contribution in [0.5, 0.6) is 0 Å². The third-order valence-electron chi connectivity index (χ3n) is 3.91. The molecule has 0 aliphatic carbocycles. The summed E-state index contributed by atoms with van der Waals surface area (Å²) in [6.07, 6.45) is -1.23. The summed E-state index contributed by atoms with van der Waals surface area (Å²) in [5.41, 5.74) is 10.5. The first kappa shape index (κ1) is 28.1. The molecule has 9 N–H and O–H groups in total. The zero-order valence-electron chi connectivity index (χ0n) is 17.2. The van der Waals surface area contributed by atoms with E-state index in [0.29, 0.717) is 0 Å². The quantitative estimate of drug-likeness (QED) is 0.124. The first-order valence-electron chi connectivity index (χ1n) is 9.28. The number of primary amides is 1. The smallest absolute Gasteiger partial charge is 0.327 e. The normalized spacial score (nSPS) is 14.6. The fourth-order valence-corrected chi connectivity index (χ4v) is 2.65. The standard InChI is InChI=1S/C17H29N5O8S/c1-7(2)3-9(15(27)22-11(6-31)17(29)30)21-16(28)10(5-12(19)23)20-14(26)8(18)4-13(24)25/h7-11,31H,3-6,18H2,1-2H3,(H2,19,23)(H,20,26)(H,21,28)(H,22,27)(H,24,25)(H,29,30). The Morgan fingerprint density at radius 3 is 1.74 bits per heavy atom. The van der Waals surface area contributed by atoms with Crippen molar-refractivity contribution in [3.63, 3.8) is 0 Å². The van der Waals surface area contributed by atoms with Crippen molar-refractivity contribution in [1.29, 1.82) is 0 Å². The molecule has 0 saturated heterocycles. The molecule has 0 rings (SSSR count). The number of aliphatic carboxylic acids is 2. The van der Waals surface area contributed by atoms with Gasteiger partial charge in [-0.15, -0.1) is 0 Å². The third kappa shape index (κ3) is 11.2. The van der Waals surface area contributed by atoms with E-state index in [9.17, 15) is 28.8 Å². The Morgan fingerprint density at radius 1 is 0.839 bits per heavy atom. The van der Waals surface area contributed by atoms with Crippen molar-refractivity contribution in [3.05, 3.63) is 0 Å². The summed E-state index contributed by atoms with van der Waals surface area (Å²) < 4.78 is 0. The molecule has 0 spiro atoms. The fraction of sp³-hybridized carbons (Fsp3) is 0.647. The summed E-state index contributed by atoms with van der Waals surface area (Å²) in [7, 11) is 0. The molecule has 4 atom stereocenters. The molecule has 13 nitrogen and oxygen atoms in total. The molecule has 4 amide bonds. The Bertz CT molecular complexity index is 702. The topological polar surface area (TPSA) is 231 Å². The van der Waals surface area contributed by atoms with E-state index in [1.807, 2.05) is 0 Å². The third-order valence-corrected chi connectivity index (χ3v) is 4.27. The number of nitrogens with one attached hydrogen (secondary N) is 3. The summed E-state index contributed by atoms with van der Waals surface area (Å²) in [4.78, 5) is 70.3. The Labute approximate surface area is 184 Å². The van der Waals surface area contributed by atoms with Crippen molar-refractivity contribution in [2.45, 2.75) is 57.3 Å². The molecule has 0 aromatic carbocycles. The minimum absolute atomic E-state index is 0.0940. The summed E-state index contributed by atoms with van der Waals surface area (Å²) in [5, 5.41) is 24.5. The lowest BCUT2D eigenvalue weighted by atomic mass is 10.0. The zero-order chi connectivity index (χ0) is 24.3. The van der Waals surface area contributed by atoms with Gasteiger partial charge in [0.15, 0.2) is 0 Å². The summed E-state index contributed by atoms with van der Waals surface area (Å²) >= 11 is 3.85.